The van der Waals surface area contributed by atoms with E-state index in [-0.39, 0.29) is 5.54 Å². The maximum Gasteiger partial charge on any atom is 0.0613 e. The Hall–Kier alpha value is -0.120. The van der Waals surface area contributed by atoms with Crippen molar-refractivity contribution in [2.24, 2.45) is 0 Å². The van der Waals surface area contributed by atoms with Crippen LogP contribution < -0.4 is 10.6 Å². The monoisotopic (exact) mass is 156 g/mol. The highest BCUT2D eigenvalue weighted by molar-refractivity contribution is 5.04. The largest absolute Gasteiger partial charge is 0.394 e. The molecule has 3 N–H and O–H groups in total. The van der Waals surface area contributed by atoms with Gasteiger partial charge in [-0.3, -0.25) is 0 Å². The van der Waals surface area contributed by atoms with E-state index < -0.39 is 0 Å². The standard InChI is InChI=1S/C8H16N2O/c11-6-8(2-3-8)10-7-1-4-9-5-7/h7,9-11H,1-6H2. The van der Waals surface area contributed by atoms with Crippen LogP contribution in [0.4, 0.5) is 0 Å². The molecule has 0 aromatic rings. The van der Waals surface area contributed by atoms with Crippen molar-refractivity contribution in [1.29, 1.82) is 0 Å². The van der Waals surface area contributed by atoms with Crippen LogP contribution in [-0.4, -0.2) is 36.4 Å². The number of nitrogens with one attached hydrogen (secondary N) is 2. The summed E-state index contributed by atoms with van der Waals surface area (Å²) in [5.41, 5.74) is 0.122. The van der Waals surface area contributed by atoms with E-state index in [1.807, 2.05) is 0 Å². The van der Waals surface area contributed by atoms with E-state index in [0.29, 0.717) is 12.6 Å². The van der Waals surface area contributed by atoms with Gasteiger partial charge in [0.1, 0.15) is 0 Å². The topological polar surface area (TPSA) is 44.3 Å². The van der Waals surface area contributed by atoms with Crippen LogP contribution >= 0.6 is 0 Å². The number of hydrogen-bond acceptors (Lipinski definition) is 3. The highest BCUT2D eigenvalue weighted by Gasteiger charge is 2.43. The molecular formula is C8H16N2O. The Morgan fingerprint density at radius 3 is 2.82 bits per heavy atom. The third-order valence-electron chi connectivity index (χ3n) is 2.73. The van der Waals surface area contributed by atoms with E-state index in [0.717, 1.165) is 25.9 Å². The second kappa shape index (κ2) is 2.73. The Morgan fingerprint density at radius 2 is 2.36 bits per heavy atom. The minimum atomic E-state index is 0.122. The van der Waals surface area contributed by atoms with Crippen LogP contribution in [0.5, 0.6) is 0 Å². The average molecular weight is 156 g/mol. The molecule has 1 unspecified atom stereocenters. The van der Waals surface area contributed by atoms with Gasteiger partial charge in [0, 0.05) is 18.1 Å². The molecule has 0 amide bonds. The molecule has 2 rings (SSSR count). The SMILES string of the molecule is OCC1(NC2CCNC2)CC1. The van der Waals surface area contributed by atoms with Crippen molar-refractivity contribution in [3.05, 3.63) is 0 Å². The Kier molecular flexibility index (Phi) is 1.87. The average Bonchev–Trinajstić information content (AvgIpc) is 2.59. The molecule has 2 fully saturated rings. The van der Waals surface area contributed by atoms with Crippen LogP contribution in [0, 0.1) is 0 Å². The zero-order chi connectivity index (χ0) is 7.73. The second-order valence-corrected chi connectivity index (χ2v) is 3.77. The number of aliphatic hydroxyl groups excluding tert-OH is 1. The number of rotatable bonds is 3. The molecule has 1 atom stereocenters. The summed E-state index contributed by atoms with van der Waals surface area (Å²) in [6.45, 7) is 2.50. The van der Waals surface area contributed by atoms with E-state index in [2.05, 4.69) is 10.6 Å². The van der Waals surface area contributed by atoms with Crippen LogP contribution in [-0.2, 0) is 0 Å². The first kappa shape index (κ1) is 7.53. The van der Waals surface area contributed by atoms with Gasteiger partial charge in [0.25, 0.3) is 0 Å². The Balaban J connectivity index is 1.80. The summed E-state index contributed by atoms with van der Waals surface area (Å²) in [5, 5.41) is 15.8. The lowest BCUT2D eigenvalue weighted by Crippen LogP contribution is -2.43. The molecule has 3 nitrogen and oxygen atoms in total. The van der Waals surface area contributed by atoms with Crippen molar-refractivity contribution in [2.75, 3.05) is 19.7 Å². The van der Waals surface area contributed by atoms with Gasteiger partial charge in [-0.25, -0.2) is 0 Å². The number of hydrogen-bond donors (Lipinski definition) is 3. The predicted molar refractivity (Wildman–Crippen MR) is 43.5 cm³/mol. The van der Waals surface area contributed by atoms with Crippen LogP contribution in [0.3, 0.4) is 0 Å². The highest BCUT2D eigenvalue weighted by Crippen LogP contribution is 2.35. The van der Waals surface area contributed by atoms with Crippen LogP contribution in [0.15, 0.2) is 0 Å². The Bertz CT molecular complexity index is 139. The van der Waals surface area contributed by atoms with Crippen molar-refractivity contribution >= 4 is 0 Å². The van der Waals surface area contributed by atoms with E-state index in [1.54, 1.807) is 0 Å². The smallest absolute Gasteiger partial charge is 0.0613 e. The minimum absolute atomic E-state index is 0.122. The quantitative estimate of drug-likeness (QED) is 0.514. The zero-order valence-corrected chi connectivity index (χ0v) is 6.77. The fourth-order valence-electron chi connectivity index (χ4n) is 1.71. The first-order valence-corrected chi connectivity index (χ1v) is 4.44. The molecule has 1 saturated carbocycles. The molecule has 0 aromatic heterocycles. The van der Waals surface area contributed by atoms with E-state index >= 15 is 0 Å². The van der Waals surface area contributed by atoms with Crippen LogP contribution in [0.1, 0.15) is 19.3 Å². The first-order chi connectivity index (χ1) is 5.35. The molecule has 64 valence electrons. The summed E-state index contributed by atoms with van der Waals surface area (Å²) < 4.78 is 0. The second-order valence-electron chi connectivity index (χ2n) is 3.77. The molecule has 1 aliphatic carbocycles. The van der Waals surface area contributed by atoms with Crippen molar-refractivity contribution in [3.8, 4) is 0 Å². The summed E-state index contributed by atoms with van der Waals surface area (Å²) in [5.74, 6) is 0. The molecule has 0 aromatic carbocycles. The summed E-state index contributed by atoms with van der Waals surface area (Å²) in [6.07, 6.45) is 3.52. The van der Waals surface area contributed by atoms with Gasteiger partial charge in [0.05, 0.1) is 6.61 Å². The lowest BCUT2D eigenvalue weighted by atomic mass is 10.2. The van der Waals surface area contributed by atoms with Crippen LogP contribution in [0.25, 0.3) is 0 Å². The summed E-state index contributed by atoms with van der Waals surface area (Å²) in [6, 6.07) is 0.602. The van der Waals surface area contributed by atoms with Crippen molar-refractivity contribution in [3.63, 3.8) is 0 Å². The van der Waals surface area contributed by atoms with Gasteiger partial charge < -0.3 is 15.7 Å². The van der Waals surface area contributed by atoms with Crippen LogP contribution in [0.2, 0.25) is 0 Å². The van der Waals surface area contributed by atoms with Gasteiger partial charge in [-0.2, -0.15) is 0 Å². The molecular weight excluding hydrogens is 140 g/mol. The molecule has 1 heterocycles. The maximum absolute atomic E-state index is 9.03. The fourth-order valence-corrected chi connectivity index (χ4v) is 1.71. The van der Waals surface area contributed by atoms with Gasteiger partial charge in [0.2, 0.25) is 0 Å². The molecule has 3 heteroatoms. The third-order valence-corrected chi connectivity index (χ3v) is 2.73. The fraction of sp³-hybridized carbons (Fsp3) is 1.00. The lowest BCUT2D eigenvalue weighted by Gasteiger charge is -2.19. The lowest BCUT2D eigenvalue weighted by molar-refractivity contribution is 0.220. The summed E-state index contributed by atoms with van der Waals surface area (Å²) in [4.78, 5) is 0. The molecule has 2 aliphatic rings. The third kappa shape index (κ3) is 1.55. The van der Waals surface area contributed by atoms with E-state index in [4.69, 9.17) is 5.11 Å². The van der Waals surface area contributed by atoms with Gasteiger partial charge in [-0.15, -0.1) is 0 Å². The summed E-state index contributed by atoms with van der Waals surface area (Å²) >= 11 is 0. The summed E-state index contributed by atoms with van der Waals surface area (Å²) in [7, 11) is 0. The Labute approximate surface area is 67.2 Å². The van der Waals surface area contributed by atoms with Crippen molar-refractivity contribution < 1.29 is 5.11 Å². The van der Waals surface area contributed by atoms with E-state index in [1.165, 1.54) is 6.42 Å². The molecule has 11 heavy (non-hydrogen) atoms. The molecule has 1 aliphatic heterocycles. The van der Waals surface area contributed by atoms with Crippen molar-refractivity contribution in [1.82, 2.24) is 10.6 Å². The predicted octanol–water partition coefficient (Wildman–Crippen LogP) is -0.537. The van der Waals surface area contributed by atoms with E-state index in [9.17, 15) is 0 Å². The maximum atomic E-state index is 9.03. The molecule has 0 spiro atoms. The van der Waals surface area contributed by atoms with Gasteiger partial charge >= 0.3 is 0 Å². The molecule has 1 saturated heterocycles. The number of aliphatic hydroxyl groups is 1. The normalized spacial score (nSPS) is 34.1. The first-order valence-electron chi connectivity index (χ1n) is 4.44. The van der Waals surface area contributed by atoms with Gasteiger partial charge in [0.15, 0.2) is 0 Å². The molecule has 0 bridgehead atoms. The zero-order valence-electron chi connectivity index (χ0n) is 6.77. The van der Waals surface area contributed by atoms with Gasteiger partial charge in [-0.05, 0) is 25.8 Å². The Morgan fingerprint density at radius 1 is 1.55 bits per heavy atom. The van der Waals surface area contributed by atoms with Gasteiger partial charge in [-0.1, -0.05) is 0 Å². The van der Waals surface area contributed by atoms with Crippen molar-refractivity contribution in [2.45, 2.75) is 30.8 Å². The highest BCUT2D eigenvalue weighted by atomic mass is 16.3. The minimum Gasteiger partial charge on any atom is -0.394 e. The molecule has 0 radical (unpaired) electrons.